The fourth-order valence-electron chi connectivity index (χ4n) is 15.2. The van der Waals surface area contributed by atoms with Crippen molar-refractivity contribution in [2.75, 3.05) is 0 Å². The quantitative estimate of drug-likeness (QED) is 0.127. The lowest BCUT2D eigenvalue weighted by Crippen LogP contribution is -2.06. The molecule has 0 spiro atoms. The van der Waals surface area contributed by atoms with Crippen molar-refractivity contribution in [3.8, 4) is 102 Å². The van der Waals surface area contributed by atoms with Crippen molar-refractivity contribution in [2.45, 2.75) is 0 Å². The zero-order valence-corrected chi connectivity index (χ0v) is 53.5. The van der Waals surface area contributed by atoms with E-state index in [0.717, 1.165) is 160 Å². The maximum Gasteiger partial charge on any atom is 0.187 e. The van der Waals surface area contributed by atoms with Crippen LogP contribution >= 0.6 is 0 Å². The molecule has 19 rings (SSSR count). The summed E-state index contributed by atoms with van der Waals surface area (Å²) in [5.41, 5.74) is 21.4. The molecule has 0 saturated carbocycles. The molecule has 19 aromatic rings. The normalized spacial score (nSPS) is 11.6. The first-order chi connectivity index (χ1) is 49.5. The summed E-state index contributed by atoms with van der Waals surface area (Å²) < 4.78 is 9.53. The molecule has 100 heavy (non-hydrogen) atoms. The first kappa shape index (κ1) is 57.2. The van der Waals surface area contributed by atoms with Crippen LogP contribution in [-0.2, 0) is 0 Å². The van der Waals surface area contributed by atoms with E-state index in [1.807, 2.05) is 60.7 Å². The summed E-state index contributed by atoms with van der Waals surface area (Å²) in [6.45, 7) is 7.82. The molecule has 14 aromatic carbocycles. The van der Waals surface area contributed by atoms with E-state index in [1.165, 1.54) is 0 Å². The molecule has 0 bridgehead atoms. The number of hydrogen-bond acceptors (Lipinski definition) is 5. The van der Waals surface area contributed by atoms with Crippen LogP contribution < -0.4 is 0 Å². The van der Waals surface area contributed by atoms with Gasteiger partial charge in [0.25, 0.3) is 0 Å². The molecule has 5 aromatic heterocycles. The number of nitrogens with zero attached hydrogens (tertiary/aromatic N) is 10. The Labute approximate surface area is 573 Å². The lowest BCUT2D eigenvalue weighted by atomic mass is 9.99. The van der Waals surface area contributed by atoms with Crippen molar-refractivity contribution in [3.05, 3.63) is 338 Å². The first-order valence-corrected chi connectivity index (χ1v) is 33.1. The van der Waals surface area contributed by atoms with Crippen LogP contribution in [0.1, 0.15) is 11.1 Å². The number of rotatable bonds is 10. The summed E-state index contributed by atoms with van der Waals surface area (Å²) >= 11 is 0. The van der Waals surface area contributed by atoms with Crippen molar-refractivity contribution in [1.29, 1.82) is 10.5 Å². The number of benzene rings is 14. The highest BCUT2D eigenvalue weighted by molar-refractivity contribution is 6.28. The van der Waals surface area contributed by atoms with Gasteiger partial charge in [-0.1, -0.05) is 200 Å². The van der Waals surface area contributed by atoms with Crippen LogP contribution in [0, 0.1) is 29.2 Å². The Morgan fingerprint density at radius 3 is 1.12 bits per heavy atom. The summed E-state index contributed by atoms with van der Waals surface area (Å²) in [5, 5.41) is 29.6. The Hall–Kier alpha value is -14.2. The third kappa shape index (κ3) is 9.05. The predicted molar refractivity (Wildman–Crippen MR) is 405 cm³/mol. The molecule has 0 amide bonds. The fourth-order valence-corrected chi connectivity index (χ4v) is 15.2. The van der Waals surface area contributed by atoms with Gasteiger partial charge in [-0.25, -0.2) is 19.8 Å². The zero-order chi connectivity index (χ0) is 66.5. The van der Waals surface area contributed by atoms with Gasteiger partial charge in [0.1, 0.15) is 0 Å². The lowest BCUT2D eigenvalue weighted by Gasteiger charge is -2.18. The molecular weight excluding hydrogens is 1220 g/mol. The van der Waals surface area contributed by atoms with E-state index < -0.39 is 0 Å². The van der Waals surface area contributed by atoms with Gasteiger partial charge in [-0.15, -0.1) is 0 Å². The highest BCUT2D eigenvalue weighted by atomic mass is 15.1. The molecule has 0 aliphatic heterocycles. The summed E-state index contributed by atoms with van der Waals surface area (Å²) in [7, 11) is 0. The number of hydrogen-bond donors (Lipinski definition) is 0. The topological polar surface area (TPSA) is 110 Å². The van der Waals surface area contributed by atoms with E-state index in [2.05, 4.69) is 290 Å². The van der Waals surface area contributed by atoms with Crippen LogP contribution in [0.2, 0.25) is 0 Å². The smallest absolute Gasteiger partial charge is 0.187 e. The van der Waals surface area contributed by atoms with Crippen molar-refractivity contribution >= 4 is 92.9 Å². The Balaban J connectivity index is 0.917. The van der Waals surface area contributed by atoms with Crippen molar-refractivity contribution in [2.24, 2.45) is 0 Å². The van der Waals surface area contributed by atoms with Gasteiger partial charge in [0, 0.05) is 71.2 Å². The van der Waals surface area contributed by atoms with E-state index in [-0.39, 0.29) is 0 Å². The van der Waals surface area contributed by atoms with E-state index in [1.54, 1.807) is 0 Å². The average Bonchev–Trinajstić information content (AvgIpc) is 1.55. The second kappa shape index (κ2) is 23.0. The molecule has 0 aliphatic rings. The minimum atomic E-state index is 0.430. The molecule has 0 unspecified atom stereocenters. The van der Waals surface area contributed by atoms with Crippen LogP contribution in [0.4, 0.5) is 5.69 Å². The maximum absolute atomic E-state index is 10.3. The molecule has 0 aliphatic carbocycles. The monoisotopic (exact) mass is 1270 g/mol. The van der Waals surface area contributed by atoms with Gasteiger partial charge < -0.3 is 18.3 Å². The minimum Gasteiger partial charge on any atom is -0.309 e. The van der Waals surface area contributed by atoms with Crippen molar-refractivity contribution < 1.29 is 0 Å². The van der Waals surface area contributed by atoms with Crippen LogP contribution in [0.15, 0.2) is 315 Å². The van der Waals surface area contributed by atoms with Crippen LogP contribution in [0.3, 0.4) is 0 Å². The van der Waals surface area contributed by atoms with Gasteiger partial charge >= 0.3 is 0 Å². The molecule has 0 N–H and O–H groups in total. The molecule has 10 nitrogen and oxygen atoms in total. The second-order valence-corrected chi connectivity index (χ2v) is 25.2. The molecule has 0 radical (unpaired) electrons. The largest absolute Gasteiger partial charge is 0.309 e. The van der Waals surface area contributed by atoms with Crippen LogP contribution in [0.5, 0.6) is 0 Å². The van der Waals surface area contributed by atoms with Crippen LogP contribution in [-0.4, -0.2) is 33.2 Å². The first-order valence-electron chi connectivity index (χ1n) is 33.1. The molecule has 0 atom stereocenters. The summed E-state index contributed by atoms with van der Waals surface area (Å²) in [6, 6.07) is 114. The lowest BCUT2D eigenvalue weighted by molar-refractivity contribution is 1.06. The predicted octanol–water partition coefficient (Wildman–Crippen LogP) is 22.6. The van der Waals surface area contributed by atoms with Gasteiger partial charge in [-0.05, 0) is 149 Å². The maximum atomic E-state index is 10.3. The summed E-state index contributed by atoms with van der Waals surface area (Å²) in [6.07, 6.45) is 0. The van der Waals surface area contributed by atoms with E-state index in [0.29, 0.717) is 34.3 Å². The Bertz CT molecular complexity index is 6390. The van der Waals surface area contributed by atoms with Crippen LogP contribution in [0.25, 0.3) is 182 Å². The molecule has 5 heterocycles. The number of aromatic nitrogens is 7. The standard InChI is InChI=1S/C90H52N10/c1-93-65-24-18-23-62(51-65)58-37-39-59(40-38-58)88-94-89(74-43-41-63(60-21-16-19-56(49-60)54-91)52-82(74)99-78-35-14-10-31-72(78)84-80(99)47-45-70-68-29-8-12-33-76(68)97(86(70)84)66-25-4-2-5-26-66)96-90(95-88)75-44-42-64(61-22-17-20-57(50-61)55-92)53-83(75)100-79-36-15-11-32-73(79)85-81(100)48-46-71-69-30-9-13-34-77(69)98(87(71)85)67-27-6-3-7-28-67/h2-53H. The molecule has 0 saturated heterocycles. The SMILES string of the molecule is [C-]#[N+]c1cccc(-c2ccc(-c3nc(-c4ccc(-c5cccc(C#N)c5)cc4-n4c5ccccc5c5c4ccc4c6ccccc6n(-c6ccccc6)c45)nc(-c4ccc(-c5cccc(C#N)c5)cc4-n4c5ccccc5c5c4ccc4c6ccccc6n(-c6ccccc6)c45)n3)cc2)c1. The zero-order valence-electron chi connectivity index (χ0n) is 53.5. The van der Waals surface area contributed by atoms with Gasteiger partial charge in [-0.3, -0.25) is 0 Å². The average molecular weight is 1270 g/mol. The molecule has 0 fully saturated rings. The second-order valence-electron chi connectivity index (χ2n) is 25.2. The van der Waals surface area contributed by atoms with Crippen molar-refractivity contribution in [1.82, 2.24) is 33.2 Å². The van der Waals surface area contributed by atoms with E-state index in [9.17, 15) is 10.5 Å². The number of para-hydroxylation sites is 6. The highest BCUT2D eigenvalue weighted by Gasteiger charge is 2.28. The Morgan fingerprint density at radius 1 is 0.280 bits per heavy atom. The Kier molecular flexibility index (Phi) is 13.2. The van der Waals surface area contributed by atoms with E-state index >= 15 is 0 Å². The fraction of sp³-hybridized carbons (Fsp3) is 0. The van der Waals surface area contributed by atoms with Gasteiger partial charge in [0.15, 0.2) is 23.2 Å². The third-order valence-corrected chi connectivity index (χ3v) is 19.7. The van der Waals surface area contributed by atoms with Gasteiger partial charge in [-0.2, -0.15) is 10.5 Å². The molecule has 10 heteroatoms. The number of nitriles is 2. The summed E-state index contributed by atoms with van der Waals surface area (Å²) in [5.74, 6) is 1.31. The Morgan fingerprint density at radius 2 is 0.660 bits per heavy atom. The van der Waals surface area contributed by atoms with Gasteiger partial charge in [0.2, 0.25) is 0 Å². The van der Waals surface area contributed by atoms with E-state index in [4.69, 9.17) is 21.5 Å². The van der Waals surface area contributed by atoms with Crippen molar-refractivity contribution in [3.63, 3.8) is 0 Å². The number of fused-ring (bicyclic) bond motifs is 14. The third-order valence-electron chi connectivity index (χ3n) is 19.7. The van der Waals surface area contributed by atoms with Gasteiger partial charge in [0.05, 0.1) is 85.3 Å². The highest BCUT2D eigenvalue weighted by Crippen LogP contribution is 2.47. The summed E-state index contributed by atoms with van der Waals surface area (Å²) in [4.78, 5) is 20.8. The molecule has 462 valence electrons. The minimum absolute atomic E-state index is 0.430. The molecular formula is C90H52N10.